The van der Waals surface area contributed by atoms with Gasteiger partial charge in [0, 0.05) is 6.54 Å². The Kier molecular flexibility index (Phi) is 7.77. The molecule has 160 valence electrons. The summed E-state index contributed by atoms with van der Waals surface area (Å²) >= 11 is 0. The van der Waals surface area contributed by atoms with Gasteiger partial charge in [0.1, 0.15) is 0 Å². The average Bonchev–Trinajstić information content (AvgIpc) is 2.67. The molecule has 0 unspecified atom stereocenters. The lowest BCUT2D eigenvalue weighted by Crippen LogP contribution is -2.31. The summed E-state index contributed by atoms with van der Waals surface area (Å²) in [6, 6.07) is 12.7. The highest BCUT2D eigenvalue weighted by atomic mass is 32.2. The Hall–Kier alpha value is -2.69. The first-order valence-electron chi connectivity index (χ1n) is 9.96. The zero-order valence-electron chi connectivity index (χ0n) is 18.3. The van der Waals surface area contributed by atoms with Crippen molar-refractivity contribution in [2.45, 2.75) is 51.0 Å². The number of nitrogens with zero attached hydrogens (tertiary/aromatic N) is 2. The van der Waals surface area contributed by atoms with Crippen molar-refractivity contribution < 1.29 is 9.00 Å². The molecule has 2 rings (SSSR count). The van der Waals surface area contributed by atoms with Gasteiger partial charge in [-0.1, -0.05) is 32.9 Å². The number of amides is 1. The molecular formula is C23H30N4O2S. The number of rotatable bonds is 8. The van der Waals surface area contributed by atoms with E-state index < -0.39 is 15.8 Å². The van der Waals surface area contributed by atoms with Crippen molar-refractivity contribution in [3.8, 4) is 6.07 Å². The number of benzene rings is 2. The van der Waals surface area contributed by atoms with Gasteiger partial charge < -0.3 is 4.90 Å². The Balaban J connectivity index is 2.25. The smallest absolute Gasteiger partial charge is 0.236 e. The van der Waals surface area contributed by atoms with Crippen molar-refractivity contribution in [2.24, 2.45) is 0 Å². The Morgan fingerprint density at radius 2 is 1.87 bits per heavy atom. The highest BCUT2D eigenvalue weighted by Gasteiger charge is 2.19. The molecule has 0 spiro atoms. The molecule has 0 bridgehead atoms. The van der Waals surface area contributed by atoms with Gasteiger partial charge in [-0.05, 0) is 73.0 Å². The molecule has 6 nitrogen and oxygen atoms in total. The molecule has 0 saturated heterocycles. The maximum absolute atomic E-state index is 12.9. The minimum absolute atomic E-state index is 0.0248. The molecule has 0 saturated carbocycles. The summed E-state index contributed by atoms with van der Waals surface area (Å²) in [7, 11) is 0.463. The van der Waals surface area contributed by atoms with Crippen molar-refractivity contribution in [1.82, 2.24) is 9.62 Å². The SMILES string of the molecule is CCc1cc(C#N)cc(C(C)C)c1CC(=O)N[S@](=N)(=O)c1ccc(CN(C)C)cc1. The second-order valence-corrected chi connectivity index (χ2v) is 9.75. The van der Waals surface area contributed by atoms with E-state index in [1.54, 1.807) is 18.2 Å². The number of carbonyl (C=O) groups excluding carboxylic acids is 1. The van der Waals surface area contributed by atoms with Crippen LogP contribution >= 0.6 is 0 Å². The second-order valence-electron chi connectivity index (χ2n) is 7.96. The first-order valence-corrected chi connectivity index (χ1v) is 11.5. The number of nitriles is 1. The van der Waals surface area contributed by atoms with Gasteiger partial charge in [-0.15, -0.1) is 0 Å². The van der Waals surface area contributed by atoms with E-state index in [1.165, 1.54) is 0 Å². The molecule has 2 N–H and O–H groups in total. The Labute approximate surface area is 180 Å². The summed E-state index contributed by atoms with van der Waals surface area (Å²) in [5, 5.41) is 9.29. The molecule has 7 heteroatoms. The molecule has 0 fully saturated rings. The molecule has 0 aliphatic heterocycles. The van der Waals surface area contributed by atoms with Gasteiger partial charge in [0.2, 0.25) is 5.91 Å². The van der Waals surface area contributed by atoms with Crippen LogP contribution in [-0.2, 0) is 34.1 Å². The largest absolute Gasteiger partial charge is 0.305 e. The van der Waals surface area contributed by atoms with Crippen LogP contribution in [0, 0.1) is 16.1 Å². The number of nitrogens with one attached hydrogen (secondary N) is 2. The maximum atomic E-state index is 12.9. The third-order valence-electron chi connectivity index (χ3n) is 4.86. The summed E-state index contributed by atoms with van der Waals surface area (Å²) in [6.07, 6.45) is 0.707. The van der Waals surface area contributed by atoms with E-state index in [0.717, 1.165) is 28.8 Å². The molecule has 0 aliphatic rings. The van der Waals surface area contributed by atoms with E-state index in [0.29, 0.717) is 12.0 Å². The van der Waals surface area contributed by atoms with Gasteiger partial charge in [-0.3, -0.25) is 9.52 Å². The summed E-state index contributed by atoms with van der Waals surface area (Å²) in [5.74, 6) is -0.329. The highest BCUT2D eigenvalue weighted by Crippen LogP contribution is 2.26. The molecule has 0 aliphatic carbocycles. The van der Waals surface area contributed by atoms with Gasteiger partial charge >= 0.3 is 0 Å². The van der Waals surface area contributed by atoms with Crippen LogP contribution in [0.15, 0.2) is 41.3 Å². The fourth-order valence-corrected chi connectivity index (χ4v) is 4.46. The van der Waals surface area contributed by atoms with Crippen molar-refractivity contribution in [1.29, 1.82) is 10.0 Å². The standard InChI is InChI=1S/C23H30N4O2S/c1-6-19-11-18(14-24)12-21(16(2)3)22(19)13-23(28)26-30(25,29)20-9-7-17(8-10-20)15-27(4)5/h7-12,16H,6,13,15H2,1-5H3,(H2,25,26,28,29)/t30-/m0/s1. The molecule has 0 aromatic heterocycles. The third kappa shape index (κ3) is 5.91. The fraction of sp³-hybridized carbons (Fsp3) is 0.391. The van der Waals surface area contributed by atoms with Crippen LogP contribution in [0.4, 0.5) is 0 Å². The first-order chi connectivity index (χ1) is 14.1. The van der Waals surface area contributed by atoms with Gasteiger partial charge in [-0.25, -0.2) is 8.99 Å². The molecule has 1 amide bonds. The van der Waals surface area contributed by atoms with E-state index in [9.17, 15) is 14.3 Å². The molecule has 30 heavy (non-hydrogen) atoms. The van der Waals surface area contributed by atoms with E-state index >= 15 is 0 Å². The van der Waals surface area contributed by atoms with E-state index in [-0.39, 0.29) is 17.2 Å². The second kappa shape index (κ2) is 9.88. The van der Waals surface area contributed by atoms with Crippen LogP contribution in [0.5, 0.6) is 0 Å². The van der Waals surface area contributed by atoms with Gasteiger partial charge in [0.25, 0.3) is 0 Å². The third-order valence-corrected chi connectivity index (χ3v) is 6.31. The van der Waals surface area contributed by atoms with Crippen LogP contribution in [-0.4, -0.2) is 29.1 Å². The normalized spacial score (nSPS) is 13.1. The monoisotopic (exact) mass is 426 g/mol. The Bertz CT molecular complexity index is 1050. The maximum Gasteiger partial charge on any atom is 0.236 e. The first kappa shape index (κ1) is 23.6. The fourth-order valence-electron chi connectivity index (χ4n) is 3.43. The Morgan fingerprint density at radius 3 is 2.37 bits per heavy atom. The highest BCUT2D eigenvalue weighted by molar-refractivity contribution is 7.91. The molecule has 2 aromatic carbocycles. The topological polar surface area (TPSA) is 97.0 Å². The van der Waals surface area contributed by atoms with Crippen molar-refractivity contribution in [2.75, 3.05) is 14.1 Å². The van der Waals surface area contributed by atoms with E-state index in [1.807, 2.05) is 58.0 Å². The quantitative estimate of drug-likeness (QED) is 0.667. The molecule has 1 atom stereocenters. The zero-order chi connectivity index (χ0) is 22.5. The van der Waals surface area contributed by atoms with Crippen LogP contribution in [0.2, 0.25) is 0 Å². The molecule has 2 aromatic rings. The van der Waals surface area contributed by atoms with Crippen LogP contribution in [0.3, 0.4) is 0 Å². The predicted octanol–water partition coefficient (Wildman–Crippen LogP) is 3.99. The zero-order valence-corrected chi connectivity index (χ0v) is 19.1. The molecular weight excluding hydrogens is 396 g/mol. The summed E-state index contributed by atoms with van der Waals surface area (Å²) in [6.45, 7) is 6.74. The number of hydrogen-bond acceptors (Lipinski definition) is 5. The molecule has 0 radical (unpaired) electrons. The van der Waals surface area contributed by atoms with Crippen LogP contribution < -0.4 is 4.72 Å². The van der Waals surface area contributed by atoms with Gasteiger partial charge in [0.15, 0.2) is 9.92 Å². The lowest BCUT2D eigenvalue weighted by molar-refractivity contribution is -0.118. The lowest BCUT2D eigenvalue weighted by Gasteiger charge is -2.18. The van der Waals surface area contributed by atoms with Crippen molar-refractivity contribution >= 4 is 15.8 Å². The van der Waals surface area contributed by atoms with Crippen molar-refractivity contribution in [3.63, 3.8) is 0 Å². The van der Waals surface area contributed by atoms with Gasteiger partial charge in [-0.2, -0.15) is 5.26 Å². The van der Waals surface area contributed by atoms with Crippen molar-refractivity contribution in [3.05, 3.63) is 64.2 Å². The minimum Gasteiger partial charge on any atom is -0.305 e. The number of hydrogen-bond donors (Lipinski definition) is 2. The number of carbonyl (C=O) groups is 1. The Morgan fingerprint density at radius 1 is 1.23 bits per heavy atom. The van der Waals surface area contributed by atoms with Crippen LogP contribution in [0.1, 0.15) is 54.5 Å². The summed E-state index contributed by atoms with van der Waals surface area (Å²) < 4.78 is 23.5. The van der Waals surface area contributed by atoms with E-state index in [2.05, 4.69) is 10.8 Å². The summed E-state index contributed by atoms with van der Waals surface area (Å²) in [4.78, 5) is 15.0. The van der Waals surface area contributed by atoms with Crippen LogP contribution in [0.25, 0.3) is 0 Å². The van der Waals surface area contributed by atoms with Gasteiger partial charge in [0.05, 0.1) is 22.9 Å². The average molecular weight is 427 g/mol. The predicted molar refractivity (Wildman–Crippen MR) is 119 cm³/mol. The molecule has 0 heterocycles. The van der Waals surface area contributed by atoms with E-state index in [4.69, 9.17) is 4.78 Å². The number of aryl methyl sites for hydroxylation is 1. The lowest BCUT2D eigenvalue weighted by atomic mass is 9.88. The minimum atomic E-state index is -3.46. The summed E-state index contributed by atoms with van der Waals surface area (Å²) in [5.41, 5.74) is 4.32.